The highest BCUT2D eigenvalue weighted by atomic mass is 35.5. The molecule has 0 saturated carbocycles. The van der Waals surface area contributed by atoms with Gasteiger partial charge in [0.2, 0.25) is 0 Å². The van der Waals surface area contributed by atoms with Crippen molar-refractivity contribution in [2.75, 3.05) is 0 Å². The van der Waals surface area contributed by atoms with E-state index in [4.69, 9.17) is 26.0 Å². The molecule has 0 aliphatic rings. The van der Waals surface area contributed by atoms with E-state index in [1.165, 1.54) is 12.1 Å². The maximum atomic E-state index is 10.1. The minimum absolute atomic E-state index is 0.0517. The molecule has 0 unspecified atom stereocenters. The van der Waals surface area contributed by atoms with Crippen molar-refractivity contribution < 1.29 is 19.3 Å². The number of rotatable bonds is 1. The highest BCUT2D eigenvalue weighted by molar-refractivity contribution is 7.30. The van der Waals surface area contributed by atoms with Gasteiger partial charge in [-0.3, -0.25) is 14.7 Å². The van der Waals surface area contributed by atoms with Crippen LogP contribution in [0.3, 0.4) is 0 Å². The lowest BCUT2D eigenvalue weighted by molar-refractivity contribution is -0.384. The smallest absolute Gasteiger partial charge is 0.314 e. The SMILES string of the molecule is O=[N+]([O-])c1ccccc1Cl.O=[PH](O)O. The summed E-state index contributed by atoms with van der Waals surface area (Å²) in [6, 6.07) is 6.07. The van der Waals surface area contributed by atoms with Gasteiger partial charge in [0.05, 0.1) is 4.92 Å². The average Bonchev–Trinajstić information content (AvgIpc) is 2.03. The summed E-state index contributed by atoms with van der Waals surface area (Å²) < 4.78 is 8.74. The fourth-order valence-corrected chi connectivity index (χ4v) is 0.805. The first-order valence-corrected chi connectivity index (χ1v) is 4.94. The first-order valence-electron chi connectivity index (χ1n) is 3.26. The summed E-state index contributed by atoms with van der Waals surface area (Å²) in [5.41, 5.74) is -0.0517. The Morgan fingerprint density at radius 2 is 1.79 bits per heavy atom. The summed E-state index contributed by atoms with van der Waals surface area (Å²) in [6.07, 6.45) is 0. The summed E-state index contributed by atoms with van der Waals surface area (Å²) in [5.74, 6) is 0. The number of para-hydroxylation sites is 1. The third-order valence-corrected chi connectivity index (χ3v) is 1.37. The Kier molecular flexibility index (Phi) is 6.07. The van der Waals surface area contributed by atoms with E-state index in [0.29, 0.717) is 0 Å². The molecule has 8 heteroatoms. The van der Waals surface area contributed by atoms with Crippen molar-refractivity contribution in [3.63, 3.8) is 0 Å². The fourth-order valence-electron chi connectivity index (χ4n) is 0.600. The predicted molar refractivity (Wildman–Crippen MR) is 51.5 cm³/mol. The molecule has 0 heterocycles. The van der Waals surface area contributed by atoms with Crippen molar-refractivity contribution >= 4 is 25.5 Å². The first-order chi connectivity index (χ1) is 6.45. The minimum atomic E-state index is -3.13. The van der Waals surface area contributed by atoms with Gasteiger partial charge in [-0.15, -0.1) is 0 Å². The monoisotopic (exact) mass is 239 g/mol. The molecule has 14 heavy (non-hydrogen) atoms. The molecule has 0 aliphatic carbocycles. The maximum Gasteiger partial charge on any atom is 0.314 e. The van der Waals surface area contributed by atoms with E-state index in [1.54, 1.807) is 12.1 Å². The van der Waals surface area contributed by atoms with E-state index in [-0.39, 0.29) is 10.7 Å². The normalized spacial score (nSPS) is 9.14. The predicted octanol–water partition coefficient (Wildman–Crippen LogP) is 1.61. The van der Waals surface area contributed by atoms with Crippen LogP contribution in [0.5, 0.6) is 0 Å². The fraction of sp³-hybridized carbons (Fsp3) is 0. The van der Waals surface area contributed by atoms with Crippen molar-refractivity contribution in [1.82, 2.24) is 0 Å². The van der Waals surface area contributed by atoms with Gasteiger partial charge >= 0.3 is 8.25 Å². The maximum absolute atomic E-state index is 10.1. The lowest BCUT2D eigenvalue weighted by Crippen LogP contribution is -1.87. The van der Waals surface area contributed by atoms with Crippen LogP contribution in [0, 0.1) is 10.1 Å². The van der Waals surface area contributed by atoms with E-state index < -0.39 is 13.2 Å². The Balaban J connectivity index is 0.000000364. The molecule has 0 aliphatic heterocycles. The van der Waals surface area contributed by atoms with Crippen LogP contribution in [0.2, 0.25) is 5.02 Å². The zero-order valence-electron chi connectivity index (χ0n) is 6.75. The zero-order chi connectivity index (χ0) is 11.1. The van der Waals surface area contributed by atoms with Crippen LogP contribution in [0.15, 0.2) is 24.3 Å². The molecule has 0 aromatic heterocycles. The van der Waals surface area contributed by atoms with E-state index in [0.717, 1.165) is 0 Å². The molecule has 1 aromatic carbocycles. The van der Waals surface area contributed by atoms with Crippen LogP contribution in [-0.2, 0) is 4.57 Å². The molecular formula is C6H7ClNO5P. The highest BCUT2D eigenvalue weighted by Crippen LogP contribution is 2.21. The van der Waals surface area contributed by atoms with Gasteiger partial charge in [-0.25, -0.2) is 0 Å². The number of halogens is 1. The largest absolute Gasteiger partial charge is 0.326 e. The molecule has 6 nitrogen and oxygen atoms in total. The highest BCUT2D eigenvalue weighted by Gasteiger charge is 2.08. The second kappa shape index (κ2) is 6.50. The van der Waals surface area contributed by atoms with Crippen molar-refractivity contribution in [2.45, 2.75) is 0 Å². The summed E-state index contributed by atoms with van der Waals surface area (Å²) >= 11 is 5.48. The van der Waals surface area contributed by atoms with Gasteiger partial charge in [-0.05, 0) is 6.07 Å². The number of hydrogen-bond donors (Lipinski definition) is 2. The Labute approximate surface area is 84.9 Å². The van der Waals surface area contributed by atoms with Crippen LogP contribution >= 0.6 is 19.9 Å². The summed E-state index contributed by atoms with van der Waals surface area (Å²) in [7, 11) is -3.13. The van der Waals surface area contributed by atoms with Gasteiger partial charge in [0.1, 0.15) is 5.02 Å². The van der Waals surface area contributed by atoms with Crippen LogP contribution in [0.1, 0.15) is 0 Å². The summed E-state index contributed by atoms with van der Waals surface area (Å²) in [6.45, 7) is 0. The van der Waals surface area contributed by atoms with E-state index in [9.17, 15) is 10.1 Å². The quantitative estimate of drug-likeness (QED) is 0.440. The van der Waals surface area contributed by atoms with E-state index >= 15 is 0 Å². The molecular weight excluding hydrogens is 232 g/mol. The minimum Gasteiger partial charge on any atom is -0.326 e. The average molecular weight is 240 g/mol. The van der Waals surface area contributed by atoms with E-state index in [1.807, 2.05) is 0 Å². The van der Waals surface area contributed by atoms with E-state index in [2.05, 4.69) is 0 Å². The van der Waals surface area contributed by atoms with Crippen LogP contribution in [0.25, 0.3) is 0 Å². The Morgan fingerprint density at radius 3 is 2.07 bits per heavy atom. The topological polar surface area (TPSA) is 101 Å². The van der Waals surface area contributed by atoms with Gasteiger partial charge in [-0.2, -0.15) is 0 Å². The number of benzene rings is 1. The lowest BCUT2D eigenvalue weighted by atomic mass is 10.3. The summed E-state index contributed by atoms with van der Waals surface area (Å²) in [5, 5.41) is 10.3. The third kappa shape index (κ3) is 5.66. The lowest BCUT2D eigenvalue weighted by Gasteiger charge is -1.90. The molecule has 0 saturated heterocycles. The molecule has 78 valence electrons. The second-order valence-electron chi connectivity index (χ2n) is 1.99. The number of hydrogen-bond acceptors (Lipinski definition) is 3. The van der Waals surface area contributed by atoms with Gasteiger partial charge in [-0.1, -0.05) is 23.7 Å². The zero-order valence-corrected chi connectivity index (χ0v) is 8.51. The second-order valence-corrected chi connectivity index (χ2v) is 2.96. The molecule has 0 bridgehead atoms. The molecule has 1 aromatic rings. The first kappa shape index (κ1) is 13.1. The molecule has 0 atom stereocenters. The van der Waals surface area contributed by atoms with Crippen LogP contribution < -0.4 is 0 Å². The van der Waals surface area contributed by atoms with Gasteiger partial charge in [0.25, 0.3) is 5.69 Å². The molecule has 0 amide bonds. The standard InChI is InChI=1S/C6H4ClNO2.H3O3P/c7-5-3-1-2-4-6(5)8(9)10;1-4(2)3/h1-4H;4H,(H2,1,2,3). The van der Waals surface area contributed by atoms with Crippen LogP contribution in [-0.4, -0.2) is 14.7 Å². The van der Waals surface area contributed by atoms with Crippen molar-refractivity contribution in [1.29, 1.82) is 0 Å². The van der Waals surface area contributed by atoms with Gasteiger partial charge in [0, 0.05) is 6.07 Å². The summed E-state index contributed by atoms with van der Waals surface area (Å²) in [4.78, 5) is 23.9. The Hall–Kier alpha value is -0.940. The molecule has 0 radical (unpaired) electrons. The third-order valence-electron chi connectivity index (χ3n) is 1.05. The molecule has 0 spiro atoms. The Morgan fingerprint density at radius 1 is 1.36 bits per heavy atom. The number of nitro groups is 1. The van der Waals surface area contributed by atoms with Crippen LogP contribution in [0.4, 0.5) is 5.69 Å². The number of nitro benzene ring substituents is 1. The van der Waals surface area contributed by atoms with Crippen molar-refractivity contribution in [3.8, 4) is 0 Å². The molecule has 1 rings (SSSR count). The number of nitrogens with zero attached hydrogens (tertiary/aromatic N) is 1. The van der Waals surface area contributed by atoms with Gasteiger partial charge in [0.15, 0.2) is 0 Å². The molecule has 2 N–H and O–H groups in total. The Bertz CT molecular complexity index is 341. The van der Waals surface area contributed by atoms with Crippen molar-refractivity contribution in [2.24, 2.45) is 0 Å². The van der Waals surface area contributed by atoms with Gasteiger partial charge < -0.3 is 9.79 Å². The van der Waals surface area contributed by atoms with Crippen molar-refractivity contribution in [3.05, 3.63) is 39.4 Å². The molecule has 0 fully saturated rings.